The number of nitrogens with zero attached hydrogens (tertiary/aromatic N) is 2. The molecular weight excluding hydrogens is 380 g/mol. The number of para-hydroxylation sites is 1. The number of aromatic nitrogens is 2. The topological polar surface area (TPSA) is 62.6 Å². The molecule has 0 atom stereocenters. The van der Waals surface area contributed by atoms with Crippen LogP contribution >= 0.6 is 0 Å². The van der Waals surface area contributed by atoms with E-state index < -0.39 is 5.97 Å². The molecule has 0 saturated heterocycles. The highest BCUT2D eigenvalue weighted by Gasteiger charge is 2.15. The molecule has 0 fully saturated rings. The lowest BCUT2D eigenvalue weighted by molar-refractivity contribution is -0.146. The van der Waals surface area contributed by atoms with Gasteiger partial charge in [0.25, 0.3) is 0 Å². The number of rotatable bonds is 8. The zero-order valence-corrected chi connectivity index (χ0v) is 16.7. The third-order valence-electron chi connectivity index (χ3n) is 4.62. The lowest BCUT2D eigenvalue weighted by Gasteiger charge is -2.11. The van der Waals surface area contributed by atoms with Crippen LogP contribution in [0.3, 0.4) is 0 Å². The van der Waals surface area contributed by atoms with Crippen LogP contribution in [-0.2, 0) is 14.3 Å². The van der Waals surface area contributed by atoms with Gasteiger partial charge in [-0.15, -0.1) is 0 Å². The molecule has 3 aromatic carbocycles. The Balaban J connectivity index is 1.63. The number of fused-ring (bicyclic) bond motifs is 1. The van der Waals surface area contributed by atoms with Crippen LogP contribution in [0.1, 0.15) is 0 Å². The van der Waals surface area contributed by atoms with Gasteiger partial charge in [-0.2, -0.15) is 0 Å². The Bertz CT molecular complexity index is 1120. The highest BCUT2D eigenvalue weighted by molar-refractivity contribution is 5.84. The molecule has 4 aromatic rings. The summed E-state index contributed by atoms with van der Waals surface area (Å²) in [6.07, 6.45) is 0. The van der Waals surface area contributed by atoms with Gasteiger partial charge in [-0.05, 0) is 24.3 Å². The Hall–Kier alpha value is -3.64. The summed E-state index contributed by atoms with van der Waals surface area (Å²) in [6, 6.07) is 26.1. The first-order valence-corrected chi connectivity index (χ1v) is 9.67. The van der Waals surface area contributed by atoms with Gasteiger partial charge in [-0.1, -0.05) is 48.5 Å². The van der Waals surface area contributed by atoms with Crippen molar-refractivity contribution in [3.63, 3.8) is 0 Å². The molecule has 4 rings (SSSR count). The third kappa shape index (κ3) is 4.34. The van der Waals surface area contributed by atoms with Gasteiger partial charge < -0.3 is 14.2 Å². The molecule has 1 heterocycles. The van der Waals surface area contributed by atoms with E-state index >= 15 is 0 Å². The molecule has 0 aliphatic carbocycles. The van der Waals surface area contributed by atoms with Crippen molar-refractivity contribution in [2.45, 2.75) is 0 Å². The normalized spacial score (nSPS) is 10.8. The second kappa shape index (κ2) is 9.24. The smallest absolute Gasteiger partial charge is 0.331 e. The molecule has 0 saturated carbocycles. The van der Waals surface area contributed by atoms with Crippen molar-refractivity contribution in [1.82, 2.24) is 9.55 Å². The lowest BCUT2D eigenvalue weighted by Crippen LogP contribution is -2.14. The van der Waals surface area contributed by atoms with E-state index in [-0.39, 0.29) is 6.61 Å². The molecule has 1 aromatic heterocycles. The highest BCUT2D eigenvalue weighted by Crippen LogP contribution is 2.30. The van der Waals surface area contributed by atoms with Gasteiger partial charge in [0, 0.05) is 17.3 Å². The van der Waals surface area contributed by atoms with Crippen LogP contribution in [-0.4, -0.2) is 42.5 Å². The molecule has 0 aliphatic rings. The third-order valence-corrected chi connectivity index (χ3v) is 4.62. The first-order chi connectivity index (χ1) is 14.8. The molecule has 0 amide bonds. The molecular formula is C24H22N2O4. The SMILES string of the molecule is COC(=O)COCCOc1ccc2nc(-c3ccccc3)n(-c3ccccc3)c2c1. The fraction of sp³-hybridized carbons (Fsp3) is 0.167. The van der Waals surface area contributed by atoms with Crippen molar-refractivity contribution in [3.05, 3.63) is 78.9 Å². The van der Waals surface area contributed by atoms with Crippen LogP contribution in [0.2, 0.25) is 0 Å². The summed E-state index contributed by atoms with van der Waals surface area (Å²) in [5.74, 6) is 1.17. The van der Waals surface area contributed by atoms with E-state index in [1.54, 1.807) is 0 Å². The molecule has 30 heavy (non-hydrogen) atoms. The van der Waals surface area contributed by atoms with E-state index in [2.05, 4.69) is 33.6 Å². The number of benzene rings is 3. The Morgan fingerprint density at radius 3 is 2.40 bits per heavy atom. The number of imidazole rings is 1. The van der Waals surface area contributed by atoms with Crippen LogP contribution < -0.4 is 4.74 Å². The molecule has 6 nitrogen and oxygen atoms in total. The molecule has 0 bridgehead atoms. The van der Waals surface area contributed by atoms with Gasteiger partial charge in [0.15, 0.2) is 0 Å². The van der Waals surface area contributed by atoms with E-state index in [4.69, 9.17) is 14.5 Å². The molecule has 6 heteroatoms. The minimum atomic E-state index is -0.406. The molecule has 0 unspecified atom stereocenters. The Kier molecular flexibility index (Phi) is 6.06. The molecule has 0 aliphatic heterocycles. The maximum atomic E-state index is 11.1. The van der Waals surface area contributed by atoms with E-state index in [1.807, 2.05) is 54.6 Å². The molecule has 0 radical (unpaired) electrons. The van der Waals surface area contributed by atoms with Crippen LogP contribution in [0, 0.1) is 0 Å². The van der Waals surface area contributed by atoms with Crippen LogP contribution in [0.15, 0.2) is 78.9 Å². The van der Waals surface area contributed by atoms with Gasteiger partial charge in [0.2, 0.25) is 0 Å². The second-order valence-electron chi connectivity index (χ2n) is 6.60. The van der Waals surface area contributed by atoms with Crippen LogP contribution in [0.25, 0.3) is 28.1 Å². The predicted octanol–water partition coefficient (Wildman–Crippen LogP) is 4.26. The standard InChI is InChI=1S/C24H22N2O4/c1-28-23(27)17-29-14-15-30-20-12-13-21-22(16-20)26(19-10-6-3-7-11-19)24(25-21)18-8-4-2-5-9-18/h2-13,16H,14-15,17H2,1H3. The van der Waals surface area contributed by atoms with E-state index in [0.717, 1.165) is 28.1 Å². The summed E-state index contributed by atoms with van der Waals surface area (Å²) in [7, 11) is 1.33. The molecule has 152 valence electrons. The van der Waals surface area contributed by atoms with Gasteiger partial charge >= 0.3 is 5.97 Å². The largest absolute Gasteiger partial charge is 0.491 e. The number of esters is 1. The van der Waals surface area contributed by atoms with E-state index in [0.29, 0.717) is 19.0 Å². The summed E-state index contributed by atoms with van der Waals surface area (Å²) in [5, 5.41) is 0. The number of carbonyl (C=O) groups is 1. The average molecular weight is 402 g/mol. The fourth-order valence-corrected chi connectivity index (χ4v) is 3.20. The van der Waals surface area contributed by atoms with E-state index in [1.165, 1.54) is 7.11 Å². The summed E-state index contributed by atoms with van der Waals surface area (Å²) in [5.41, 5.74) is 3.90. The Morgan fingerprint density at radius 2 is 1.67 bits per heavy atom. The van der Waals surface area contributed by atoms with Crippen molar-refractivity contribution in [3.8, 4) is 22.8 Å². The van der Waals surface area contributed by atoms with Gasteiger partial charge in [-0.25, -0.2) is 9.78 Å². The summed E-state index contributed by atoms with van der Waals surface area (Å²) in [6.45, 7) is 0.536. The second-order valence-corrected chi connectivity index (χ2v) is 6.60. The molecule has 0 spiro atoms. The summed E-state index contributed by atoms with van der Waals surface area (Å²) >= 11 is 0. The van der Waals surface area contributed by atoms with Gasteiger partial charge in [0.05, 0.1) is 24.8 Å². The number of methoxy groups -OCH3 is 1. The predicted molar refractivity (Wildman–Crippen MR) is 115 cm³/mol. The van der Waals surface area contributed by atoms with Crippen molar-refractivity contribution in [1.29, 1.82) is 0 Å². The maximum Gasteiger partial charge on any atom is 0.331 e. The fourth-order valence-electron chi connectivity index (χ4n) is 3.20. The van der Waals surface area contributed by atoms with Gasteiger partial charge in [-0.3, -0.25) is 4.57 Å². The quantitative estimate of drug-likeness (QED) is 0.326. The number of hydrogen-bond donors (Lipinski definition) is 0. The number of hydrogen-bond acceptors (Lipinski definition) is 5. The minimum absolute atomic E-state index is 0.0832. The number of ether oxygens (including phenoxy) is 3. The number of carbonyl (C=O) groups excluding carboxylic acids is 1. The zero-order chi connectivity index (χ0) is 20.8. The maximum absolute atomic E-state index is 11.1. The zero-order valence-electron chi connectivity index (χ0n) is 16.7. The first-order valence-electron chi connectivity index (χ1n) is 9.67. The first kappa shape index (κ1) is 19.7. The average Bonchev–Trinajstić information content (AvgIpc) is 3.18. The molecule has 0 N–H and O–H groups in total. The summed E-state index contributed by atoms with van der Waals surface area (Å²) in [4.78, 5) is 16.0. The monoisotopic (exact) mass is 402 g/mol. The van der Waals surface area contributed by atoms with Crippen molar-refractivity contribution in [2.24, 2.45) is 0 Å². The lowest BCUT2D eigenvalue weighted by atomic mass is 10.2. The highest BCUT2D eigenvalue weighted by atomic mass is 16.6. The van der Waals surface area contributed by atoms with Crippen molar-refractivity contribution >= 4 is 17.0 Å². The van der Waals surface area contributed by atoms with E-state index in [9.17, 15) is 4.79 Å². The van der Waals surface area contributed by atoms with Crippen LogP contribution in [0.4, 0.5) is 0 Å². The van der Waals surface area contributed by atoms with Crippen molar-refractivity contribution < 1.29 is 19.0 Å². The summed E-state index contributed by atoms with van der Waals surface area (Å²) < 4.78 is 17.7. The van der Waals surface area contributed by atoms with Crippen molar-refractivity contribution in [2.75, 3.05) is 26.9 Å². The Labute approximate surface area is 174 Å². The Morgan fingerprint density at radius 1 is 0.933 bits per heavy atom. The minimum Gasteiger partial charge on any atom is -0.491 e. The van der Waals surface area contributed by atoms with Crippen LogP contribution in [0.5, 0.6) is 5.75 Å². The van der Waals surface area contributed by atoms with Gasteiger partial charge in [0.1, 0.15) is 24.8 Å².